The first-order chi connectivity index (χ1) is 9.61. The molecular weight excluding hydrogens is 266 g/mol. The quantitative estimate of drug-likeness (QED) is 0.807. The summed E-state index contributed by atoms with van der Waals surface area (Å²) in [4.78, 5) is 8.15. The van der Waals surface area contributed by atoms with Crippen molar-refractivity contribution in [2.75, 3.05) is 6.61 Å². The van der Waals surface area contributed by atoms with Crippen molar-refractivity contribution in [1.29, 1.82) is 0 Å². The van der Waals surface area contributed by atoms with Crippen LogP contribution in [0.25, 0.3) is 0 Å². The molecule has 20 heavy (non-hydrogen) atoms. The number of ether oxygens (including phenoxy) is 2. The number of hydrogen-bond donors (Lipinski definition) is 0. The number of aromatic nitrogens is 2. The van der Waals surface area contributed by atoms with Gasteiger partial charge in [-0.3, -0.25) is 0 Å². The van der Waals surface area contributed by atoms with E-state index < -0.39 is 23.5 Å². The molecule has 0 saturated carbocycles. The summed E-state index contributed by atoms with van der Waals surface area (Å²) in [5.74, 6) is -2.02. The van der Waals surface area contributed by atoms with E-state index in [9.17, 15) is 8.78 Å². The number of benzene rings is 1. The van der Waals surface area contributed by atoms with Gasteiger partial charge in [0.15, 0.2) is 5.82 Å². The van der Waals surface area contributed by atoms with Gasteiger partial charge in [0.05, 0.1) is 0 Å². The fourth-order valence-corrected chi connectivity index (χ4v) is 2.01. The molecule has 2 unspecified atom stereocenters. The van der Waals surface area contributed by atoms with Gasteiger partial charge in [-0.05, 0) is 25.1 Å². The molecule has 1 fully saturated rings. The maximum Gasteiger partial charge on any atom is 0.223 e. The highest BCUT2D eigenvalue weighted by Gasteiger charge is 2.51. The van der Waals surface area contributed by atoms with Crippen LogP contribution < -0.4 is 0 Å². The zero-order valence-electron chi connectivity index (χ0n) is 10.7. The second-order valence-electron chi connectivity index (χ2n) is 4.53. The maximum absolute atomic E-state index is 13.8. The smallest absolute Gasteiger partial charge is 0.223 e. The zero-order chi connectivity index (χ0) is 14.2. The molecule has 3 rings (SSSR count). The van der Waals surface area contributed by atoms with E-state index in [0.717, 1.165) is 6.07 Å². The lowest BCUT2D eigenvalue weighted by atomic mass is 10.1. The third-order valence-corrected chi connectivity index (χ3v) is 3.06. The molecule has 104 valence electrons. The lowest BCUT2D eigenvalue weighted by molar-refractivity contribution is -0.0952. The first-order valence-corrected chi connectivity index (χ1v) is 6.15. The predicted octanol–water partition coefficient (Wildman–Crippen LogP) is 2.72. The molecule has 0 spiro atoms. The number of halogens is 2. The average molecular weight is 278 g/mol. The molecule has 1 saturated heterocycles. The van der Waals surface area contributed by atoms with E-state index >= 15 is 0 Å². The Hall–Kier alpha value is -1.92. The fraction of sp³-hybridized carbons (Fsp3) is 0.286. The van der Waals surface area contributed by atoms with Crippen LogP contribution in [0.3, 0.4) is 0 Å². The number of nitrogens with zero attached hydrogens (tertiary/aromatic N) is 2. The van der Waals surface area contributed by atoms with Crippen molar-refractivity contribution in [3.05, 3.63) is 59.7 Å². The second-order valence-corrected chi connectivity index (χ2v) is 4.53. The van der Waals surface area contributed by atoms with Gasteiger partial charge in [0.2, 0.25) is 5.79 Å². The summed E-state index contributed by atoms with van der Waals surface area (Å²) >= 11 is 0. The van der Waals surface area contributed by atoms with Crippen molar-refractivity contribution in [1.82, 2.24) is 9.97 Å². The summed E-state index contributed by atoms with van der Waals surface area (Å²) in [7, 11) is 0. The Morgan fingerprint density at radius 2 is 2.00 bits per heavy atom. The number of rotatable bonds is 4. The Kier molecular flexibility index (Phi) is 3.19. The average Bonchev–Trinajstić information content (AvgIpc) is 3.20. The molecule has 0 amide bonds. The SMILES string of the molecule is CC(OC1(c2ccc(F)cc2F)CO1)c1ncccn1. The maximum atomic E-state index is 13.8. The van der Waals surface area contributed by atoms with E-state index in [2.05, 4.69) is 9.97 Å². The van der Waals surface area contributed by atoms with Crippen LogP contribution in [0.2, 0.25) is 0 Å². The van der Waals surface area contributed by atoms with Crippen LogP contribution in [0.5, 0.6) is 0 Å². The third-order valence-electron chi connectivity index (χ3n) is 3.06. The van der Waals surface area contributed by atoms with E-state index in [1.54, 1.807) is 25.4 Å². The lowest BCUT2D eigenvalue weighted by Crippen LogP contribution is -2.19. The molecule has 2 atom stereocenters. The zero-order valence-corrected chi connectivity index (χ0v) is 10.7. The van der Waals surface area contributed by atoms with Gasteiger partial charge in [-0.1, -0.05) is 0 Å². The molecule has 2 heterocycles. The monoisotopic (exact) mass is 278 g/mol. The summed E-state index contributed by atoms with van der Waals surface area (Å²) in [5.41, 5.74) is 0.182. The van der Waals surface area contributed by atoms with Gasteiger partial charge in [-0.15, -0.1) is 0 Å². The van der Waals surface area contributed by atoms with Crippen LogP contribution in [0, 0.1) is 11.6 Å². The number of hydrogen-bond acceptors (Lipinski definition) is 4. The van der Waals surface area contributed by atoms with Crippen LogP contribution in [-0.4, -0.2) is 16.6 Å². The first kappa shape index (κ1) is 13.1. The molecule has 1 aliphatic rings. The first-order valence-electron chi connectivity index (χ1n) is 6.15. The molecule has 6 heteroatoms. The van der Waals surface area contributed by atoms with Gasteiger partial charge in [0, 0.05) is 24.0 Å². The highest BCUT2D eigenvalue weighted by molar-refractivity contribution is 5.26. The molecule has 2 aromatic rings. The molecule has 0 bridgehead atoms. The normalized spacial score (nSPS) is 22.6. The molecule has 4 nitrogen and oxygen atoms in total. The minimum absolute atomic E-state index is 0.182. The molecule has 0 aliphatic carbocycles. The van der Waals surface area contributed by atoms with E-state index in [1.807, 2.05) is 0 Å². The molecule has 1 aromatic carbocycles. The van der Waals surface area contributed by atoms with Crippen LogP contribution in [0.4, 0.5) is 8.78 Å². The lowest BCUT2D eigenvalue weighted by Gasteiger charge is -2.19. The van der Waals surface area contributed by atoms with Gasteiger partial charge < -0.3 is 9.47 Å². The summed E-state index contributed by atoms with van der Waals surface area (Å²) in [6, 6.07) is 5.01. The Morgan fingerprint density at radius 3 is 2.60 bits per heavy atom. The standard InChI is InChI=1S/C14H12F2N2O2/c1-9(13-17-5-2-6-18-13)20-14(8-19-14)11-4-3-10(15)7-12(11)16/h2-7,9H,8H2,1H3. The topological polar surface area (TPSA) is 47.5 Å². The van der Waals surface area contributed by atoms with Crippen molar-refractivity contribution >= 4 is 0 Å². The predicted molar refractivity (Wildman–Crippen MR) is 65.5 cm³/mol. The van der Waals surface area contributed by atoms with Crippen molar-refractivity contribution < 1.29 is 18.3 Å². The molecule has 0 radical (unpaired) electrons. The summed E-state index contributed by atoms with van der Waals surface area (Å²) < 4.78 is 37.7. The highest BCUT2D eigenvalue weighted by atomic mass is 19.1. The summed E-state index contributed by atoms with van der Waals surface area (Å²) in [5, 5.41) is 0. The number of epoxide rings is 1. The van der Waals surface area contributed by atoms with Gasteiger partial charge in [0.1, 0.15) is 24.3 Å². The van der Waals surface area contributed by atoms with Gasteiger partial charge in [-0.25, -0.2) is 18.7 Å². The van der Waals surface area contributed by atoms with Crippen LogP contribution in [0.1, 0.15) is 24.4 Å². The van der Waals surface area contributed by atoms with E-state index in [-0.39, 0.29) is 12.2 Å². The van der Waals surface area contributed by atoms with Crippen molar-refractivity contribution in [3.63, 3.8) is 0 Å². The van der Waals surface area contributed by atoms with Crippen molar-refractivity contribution in [2.45, 2.75) is 18.8 Å². The Morgan fingerprint density at radius 1 is 1.30 bits per heavy atom. The largest absolute Gasteiger partial charge is 0.338 e. The Balaban J connectivity index is 1.83. The molecule has 1 aliphatic heterocycles. The van der Waals surface area contributed by atoms with E-state index in [0.29, 0.717) is 5.82 Å². The minimum Gasteiger partial charge on any atom is -0.338 e. The van der Waals surface area contributed by atoms with Crippen LogP contribution in [0.15, 0.2) is 36.7 Å². The highest BCUT2D eigenvalue weighted by Crippen LogP contribution is 2.44. The summed E-state index contributed by atoms with van der Waals surface area (Å²) in [6.07, 6.45) is 2.73. The van der Waals surface area contributed by atoms with E-state index in [4.69, 9.17) is 9.47 Å². The van der Waals surface area contributed by atoms with Crippen molar-refractivity contribution in [2.24, 2.45) is 0 Å². The Bertz CT molecular complexity index is 618. The minimum atomic E-state index is -1.17. The van der Waals surface area contributed by atoms with Crippen molar-refractivity contribution in [3.8, 4) is 0 Å². The Labute approximate surface area is 114 Å². The van der Waals surface area contributed by atoms with Crippen LogP contribution in [-0.2, 0) is 15.3 Å². The molecule has 0 N–H and O–H groups in total. The van der Waals surface area contributed by atoms with Crippen LogP contribution >= 0.6 is 0 Å². The van der Waals surface area contributed by atoms with Gasteiger partial charge in [0.25, 0.3) is 0 Å². The van der Waals surface area contributed by atoms with Gasteiger partial charge >= 0.3 is 0 Å². The van der Waals surface area contributed by atoms with Gasteiger partial charge in [-0.2, -0.15) is 0 Å². The molecule has 1 aromatic heterocycles. The molecular formula is C14H12F2N2O2. The van der Waals surface area contributed by atoms with E-state index in [1.165, 1.54) is 12.1 Å². The third kappa shape index (κ3) is 2.39. The summed E-state index contributed by atoms with van der Waals surface area (Å²) in [6.45, 7) is 1.97. The second kappa shape index (κ2) is 4.88. The fourth-order valence-electron chi connectivity index (χ4n) is 2.01.